The summed E-state index contributed by atoms with van der Waals surface area (Å²) in [5.74, 6) is 0.796. The van der Waals surface area contributed by atoms with Gasteiger partial charge in [0.1, 0.15) is 5.75 Å². The molecule has 0 saturated heterocycles. The number of benzene rings is 1. The molecule has 0 amide bonds. The summed E-state index contributed by atoms with van der Waals surface area (Å²) >= 11 is 0. The molecule has 18 heavy (non-hydrogen) atoms. The number of rotatable bonds is 2. The molecule has 3 nitrogen and oxygen atoms in total. The maximum atomic E-state index is 8.73. The Labute approximate surface area is 152 Å². The summed E-state index contributed by atoms with van der Waals surface area (Å²) in [5.41, 5.74) is 2.30. The van der Waals surface area contributed by atoms with Crippen molar-refractivity contribution in [3.05, 3.63) is 35.9 Å². The number of methoxy groups -OCH3 is 1. The van der Waals surface area contributed by atoms with Crippen LogP contribution in [-0.4, -0.2) is 7.11 Å². The predicted octanol–water partition coefficient (Wildman–Crippen LogP) is 0.159. The molecule has 0 radical (unpaired) electrons. The molecule has 4 heteroatoms. The van der Waals surface area contributed by atoms with E-state index < -0.39 is 0 Å². The van der Waals surface area contributed by atoms with Gasteiger partial charge in [-0.05, 0) is 17.0 Å². The Kier molecular flexibility index (Phi) is 10.6. The predicted molar refractivity (Wildman–Crippen MR) is 66.0 cm³/mol. The van der Waals surface area contributed by atoms with Crippen LogP contribution < -0.4 is 56.1 Å². The van der Waals surface area contributed by atoms with Crippen molar-refractivity contribution in [2.24, 2.45) is 0 Å². The zero-order valence-electron chi connectivity index (χ0n) is 11.7. The summed E-state index contributed by atoms with van der Waals surface area (Å²) < 4.78 is 5.21. The average molecular weight is 268 g/mol. The molecule has 0 bridgehead atoms. The first kappa shape index (κ1) is 20.0. The van der Waals surface area contributed by atoms with Crippen molar-refractivity contribution in [3.63, 3.8) is 0 Å². The van der Waals surface area contributed by atoms with Crippen molar-refractivity contribution < 1.29 is 56.1 Å². The van der Waals surface area contributed by atoms with E-state index in [1.54, 1.807) is 7.11 Å². The Morgan fingerprint density at radius 1 is 1.28 bits per heavy atom. The van der Waals surface area contributed by atoms with Gasteiger partial charge < -0.3 is 16.6 Å². The molecule has 0 aromatic heterocycles. The molecule has 0 aliphatic rings. The van der Waals surface area contributed by atoms with Gasteiger partial charge in [-0.3, -0.25) is 0 Å². The molecule has 90 valence electrons. The Morgan fingerprint density at radius 2 is 1.83 bits per heavy atom. The van der Waals surface area contributed by atoms with Crippen LogP contribution in [0.1, 0.15) is 31.9 Å². The molecular weight excluding hydrogens is 251 g/mol. The fraction of sp³-hybridized carbons (Fsp3) is 0.429. The van der Waals surface area contributed by atoms with Crippen LogP contribution in [0, 0.1) is 23.2 Å². The van der Waals surface area contributed by atoms with E-state index in [2.05, 4.69) is 39.0 Å². The monoisotopic (exact) mass is 268 g/mol. The third-order valence-corrected chi connectivity index (χ3v) is 2.42. The summed E-state index contributed by atoms with van der Waals surface area (Å²) in [7, 11) is 1.63. The van der Waals surface area contributed by atoms with Crippen LogP contribution in [0.3, 0.4) is 0 Å². The fourth-order valence-electron chi connectivity index (χ4n) is 1.47. The third kappa shape index (κ3) is 6.00. The van der Waals surface area contributed by atoms with Crippen molar-refractivity contribution in [3.8, 4) is 11.8 Å². The van der Waals surface area contributed by atoms with Gasteiger partial charge in [-0.25, -0.2) is 0 Å². The summed E-state index contributed by atoms with van der Waals surface area (Å²) in [6.45, 7) is 11.2. The molecule has 0 atom stereocenters. The van der Waals surface area contributed by atoms with E-state index in [9.17, 15) is 0 Å². The van der Waals surface area contributed by atoms with Crippen molar-refractivity contribution in [2.45, 2.75) is 32.6 Å². The molecule has 0 N–H and O–H groups in total. The van der Waals surface area contributed by atoms with E-state index in [0.29, 0.717) is 6.42 Å². The first-order valence-electron chi connectivity index (χ1n) is 5.25. The van der Waals surface area contributed by atoms with E-state index in [1.807, 2.05) is 6.07 Å². The molecule has 0 saturated carbocycles. The minimum Gasteiger partial charge on any atom is -0.512 e. The number of hydrogen-bond donors (Lipinski definition) is 0. The third-order valence-electron chi connectivity index (χ3n) is 2.42. The van der Waals surface area contributed by atoms with Crippen LogP contribution in [0.25, 0.3) is 0 Å². The van der Waals surface area contributed by atoms with Crippen LogP contribution in [0.4, 0.5) is 0 Å². The van der Waals surface area contributed by atoms with Gasteiger partial charge in [0.2, 0.25) is 0 Å². The summed E-state index contributed by atoms with van der Waals surface area (Å²) in [4.78, 5) is 0. The van der Waals surface area contributed by atoms with Gasteiger partial charge in [-0.1, -0.05) is 32.9 Å². The average Bonchev–Trinajstić information content (AvgIpc) is 2.31. The van der Waals surface area contributed by atoms with Gasteiger partial charge in [0.25, 0.3) is 0 Å². The van der Waals surface area contributed by atoms with Crippen molar-refractivity contribution in [1.82, 2.24) is 0 Å². The molecule has 1 aromatic rings. The van der Waals surface area contributed by atoms with Crippen molar-refractivity contribution in [2.75, 3.05) is 7.11 Å². The number of hydrogen-bond acceptors (Lipinski definition) is 3. The van der Waals surface area contributed by atoms with Crippen LogP contribution in [-0.2, 0) is 11.8 Å². The van der Waals surface area contributed by atoms with E-state index in [-0.39, 0.29) is 56.8 Å². The topological polar surface area (TPSA) is 56.8 Å². The summed E-state index contributed by atoms with van der Waals surface area (Å²) in [5, 5.41) is 15.0. The SMILES string of the molecule is COc1ccc(C(C)(C)C)cc1CC#N.[C-]#N.[K+]. The quantitative estimate of drug-likeness (QED) is 0.567. The van der Waals surface area contributed by atoms with Gasteiger partial charge in [0.05, 0.1) is 19.6 Å². The summed E-state index contributed by atoms with van der Waals surface area (Å²) in [6.07, 6.45) is 0.396. The first-order chi connectivity index (χ1) is 7.99. The second-order valence-electron chi connectivity index (χ2n) is 4.61. The van der Waals surface area contributed by atoms with Crippen LogP contribution in [0.2, 0.25) is 0 Å². The van der Waals surface area contributed by atoms with E-state index in [4.69, 9.17) is 21.8 Å². The van der Waals surface area contributed by atoms with Crippen LogP contribution >= 0.6 is 0 Å². The Bertz CT molecular complexity index is 428. The van der Waals surface area contributed by atoms with Crippen LogP contribution in [0.5, 0.6) is 5.75 Å². The molecule has 0 heterocycles. The number of nitrogens with zero attached hydrogens (tertiary/aromatic N) is 2. The minimum absolute atomic E-state index is 0. The number of ether oxygens (including phenoxy) is 1. The zero-order valence-corrected chi connectivity index (χ0v) is 14.9. The standard InChI is InChI=1S/C13H17NO.CN.K/c1-13(2,3)11-5-6-12(15-4)10(9-11)7-8-14;1-2;/h5-6,9H,7H2,1-4H3;;/q;-1;+1. The molecule has 0 unspecified atom stereocenters. The van der Waals surface area contributed by atoms with Gasteiger partial charge in [-0.2, -0.15) is 5.26 Å². The smallest absolute Gasteiger partial charge is 0.512 e. The van der Waals surface area contributed by atoms with E-state index >= 15 is 0 Å². The van der Waals surface area contributed by atoms with Gasteiger partial charge in [-0.15, -0.1) is 0 Å². The molecule has 1 rings (SSSR count). The molecule has 1 aromatic carbocycles. The van der Waals surface area contributed by atoms with Crippen LogP contribution in [0.15, 0.2) is 18.2 Å². The molecule has 0 spiro atoms. The van der Waals surface area contributed by atoms with E-state index in [1.165, 1.54) is 5.56 Å². The first-order valence-corrected chi connectivity index (χ1v) is 5.25. The maximum absolute atomic E-state index is 8.73. The van der Waals surface area contributed by atoms with Gasteiger partial charge >= 0.3 is 51.4 Å². The Hall–Kier alpha value is -0.364. The molecule has 0 fully saturated rings. The molecule has 0 aliphatic heterocycles. The van der Waals surface area contributed by atoms with E-state index in [0.717, 1.165) is 11.3 Å². The van der Waals surface area contributed by atoms with Gasteiger partial charge in [0.15, 0.2) is 0 Å². The fourth-order valence-corrected chi connectivity index (χ4v) is 1.47. The Morgan fingerprint density at radius 3 is 2.22 bits per heavy atom. The maximum Gasteiger partial charge on any atom is 1.00 e. The molecular formula is C14H17KN2O. The summed E-state index contributed by atoms with van der Waals surface area (Å²) in [6, 6.07) is 8.21. The van der Waals surface area contributed by atoms with Gasteiger partial charge in [0, 0.05) is 5.56 Å². The largest absolute Gasteiger partial charge is 1.00 e. The second kappa shape index (κ2) is 9.55. The minimum atomic E-state index is 0. The second-order valence-corrected chi connectivity index (χ2v) is 4.61. The molecule has 0 aliphatic carbocycles. The number of nitriles is 1. The zero-order chi connectivity index (χ0) is 13.5. The Balaban J connectivity index is 0. The normalized spacial score (nSPS) is 9.17. The van der Waals surface area contributed by atoms with Crippen molar-refractivity contribution in [1.29, 1.82) is 10.5 Å². The van der Waals surface area contributed by atoms with Crippen molar-refractivity contribution >= 4 is 0 Å².